The number of carbonyl (C=O) groups is 1. The molecule has 118 valence electrons. The lowest BCUT2D eigenvalue weighted by atomic mass is 10.0. The SMILES string of the molecule is Cn1cc(NC(=O)c2cc3ccccc3o2)c(C2CCCC2)n1. The molecule has 1 saturated carbocycles. The van der Waals surface area contributed by atoms with Crippen LogP contribution in [0.3, 0.4) is 0 Å². The van der Waals surface area contributed by atoms with Crippen molar-refractivity contribution in [1.82, 2.24) is 9.78 Å². The number of amides is 1. The van der Waals surface area contributed by atoms with E-state index in [1.54, 1.807) is 10.7 Å². The number of furan rings is 1. The number of para-hydroxylation sites is 1. The van der Waals surface area contributed by atoms with Crippen LogP contribution in [0.1, 0.15) is 47.8 Å². The molecule has 1 fully saturated rings. The Bertz CT molecular complexity index is 823. The number of hydrogen-bond acceptors (Lipinski definition) is 3. The standard InChI is InChI=1S/C18H19N3O2/c1-21-11-14(17(20-21)12-6-2-3-7-12)19-18(22)16-10-13-8-4-5-9-15(13)23-16/h4-5,8-12H,2-3,6-7H2,1H3,(H,19,22). The molecule has 5 heteroatoms. The highest BCUT2D eigenvalue weighted by atomic mass is 16.3. The highest BCUT2D eigenvalue weighted by Gasteiger charge is 2.24. The van der Waals surface area contributed by atoms with E-state index in [4.69, 9.17) is 4.42 Å². The molecule has 0 radical (unpaired) electrons. The normalized spacial score (nSPS) is 15.3. The molecule has 0 atom stereocenters. The fraction of sp³-hybridized carbons (Fsp3) is 0.333. The topological polar surface area (TPSA) is 60.1 Å². The van der Waals surface area contributed by atoms with Crippen LogP contribution in [-0.2, 0) is 7.05 Å². The van der Waals surface area contributed by atoms with Gasteiger partial charge in [-0.2, -0.15) is 5.10 Å². The van der Waals surface area contributed by atoms with Gasteiger partial charge < -0.3 is 9.73 Å². The molecule has 0 saturated heterocycles. The van der Waals surface area contributed by atoms with E-state index >= 15 is 0 Å². The predicted molar refractivity (Wildman–Crippen MR) is 88.6 cm³/mol. The maximum atomic E-state index is 12.5. The van der Waals surface area contributed by atoms with Crippen LogP contribution in [0, 0.1) is 0 Å². The highest BCUT2D eigenvalue weighted by molar-refractivity contribution is 6.04. The van der Waals surface area contributed by atoms with Gasteiger partial charge in [-0.3, -0.25) is 9.48 Å². The number of nitrogens with one attached hydrogen (secondary N) is 1. The van der Waals surface area contributed by atoms with Crippen molar-refractivity contribution in [2.75, 3.05) is 5.32 Å². The van der Waals surface area contributed by atoms with Crippen molar-refractivity contribution in [3.63, 3.8) is 0 Å². The maximum absolute atomic E-state index is 12.5. The van der Waals surface area contributed by atoms with Crippen molar-refractivity contribution >= 4 is 22.6 Å². The van der Waals surface area contributed by atoms with E-state index in [1.807, 2.05) is 37.5 Å². The molecule has 23 heavy (non-hydrogen) atoms. The number of nitrogens with zero attached hydrogens (tertiary/aromatic N) is 2. The second-order valence-corrected chi connectivity index (χ2v) is 6.19. The lowest BCUT2D eigenvalue weighted by Gasteiger charge is -2.08. The molecule has 1 aliphatic carbocycles. The summed E-state index contributed by atoms with van der Waals surface area (Å²) in [6, 6.07) is 9.39. The van der Waals surface area contributed by atoms with E-state index in [-0.39, 0.29) is 5.91 Å². The van der Waals surface area contributed by atoms with E-state index < -0.39 is 0 Å². The van der Waals surface area contributed by atoms with Gasteiger partial charge in [0.2, 0.25) is 0 Å². The Hall–Kier alpha value is -2.56. The summed E-state index contributed by atoms with van der Waals surface area (Å²) in [7, 11) is 1.88. The molecule has 5 nitrogen and oxygen atoms in total. The zero-order chi connectivity index (χ0) is 15.8. The summed E-state index contributed by atoms with van der Waals surface area (Å²) in [4.78, 5) is 12.5. The fourth-order valence-corrected chi connectivity index (χ4v) is 3.38. The number of aryl methyl sites for hydroxylation is 1. The maximum Gasteiger partial charge on any atom is 0.291 e. The Labute approximate surface area is 134 Å². The summed E-state index contributed by atoms with van der Waals surface area (Å²) in [5, 5.41) is 8.45. The van der Waals surface area contributed by atoms with Crippen molar-refractivity contribution in [3.8, 4) is 0 Å². The molecule has 0 aliphatic heterocycles. The van der Waals surface area contributed by atoms with E-state index in [9.17, 15) is 4.79 Å². The van der Waals surface area contributed by atoms with Gasteiger partial charge in [-0.15, -0.1) is 0 Å². The third-order valence-electron chi connectivity index (χ3n) is 4.50. The number of benzene rings is 1. The van der Waals surface area contributed by atoms with Gasteiger partial charge in [-0.1, -0.05) is 31.0 Å². The van der Waals surface area contributed by atoms with Crippen molar-refractivity contribution < 1.29 is 9.21 Å². The van der Waals surface area contributed by atoms with Gasteiger partial charge in [0, 0.05) is 24.5 Å². The fourth-order valence-electron chi connectivity index (χ4n) is 3.38. The van der Waals surface area contributed by atoms with E-state index in [0.29, 0.717) is 11.7 Å². The molecule has 2 aromatic heterocycles. The predicted octanol–water partition coefficient (Wildman–Crippen LogP) is 4.08. The monoisotopic (exact) mass is 309 g/mol. The van der Waals surface area contributed by atoms with Crippen molar-refractivity contribution in [3.05, 3.63) is 48.0 Å². The van der Waals surface area contributed by atoms with Crippen LogP contribution in [0.15, 0.2) is 40.9 Å². The van der Waals surface area contributed by atoms with E-state index in [0.717, 1.165) is 35.2 Å². The van der Waals surface area contributed by atoms with Crippen LogP contribution in [-0.4, -0.2) is 15.7 Å². The van der Waals surface area contributed by atoms with Gasteiger partial charge >= 0.3 is 0 Å². The quantitative estimate of drug-likeness (QED) is 0.793. The molecule has 0 bridgehead atoms. The summed E-state index contributed by atoms with van der Waals surface area (Å²) in [6.45, 7) is 0. The van der Waals surface area contributed by atoms with Crippen LogP contribution >= 0.6 is 0 Å². The van der Waals surface area contributed by atoms with Crippen molar-refractivity contribution in [1.29, 1.82) is 0 Å². The molecular weight excluding hydrogens is 290 g/mol. The van der Waals surface area contributed by atoms with Gasteiger partial charge in [-0.25, -0.2) is 0 Å². The van der Waals surface area contributed by atoms with Crippen LogP contribution in [0.25, 0.3) is 11.0 Å². The third kappa shape index (κ3) is 2.63. The van der Waals surface area contributed by atoms with Crippen LogP contribution in [0.5, 0.6) is 0 Å². The second-order valence-electron chi connectivity index (χ2n) is 6.19. The molecule has 1 amide bonds. The molecule has 1 aliphatic rings. The Morgan fingerprint density at radius 1 is 1.30 bits per heavy atom. The smallest absolute Gasteiger partial charge is 0.291 e. The minimum atomic E-state index is -0.228. The van der Waals surface area contributed by atoms with Crippen LogP contribution in [0.4, 0.5) is 5.69 Å². The average Bonchev–Trinajstić information content (AvgIpc) is 3.25. The Balaban J connectivity index is 1.61. The summed E-state index contributed by atoms with van der Waals surface area (Å²) in [6.07, 6.45) is 6.62. The van der Waals surface area contributed by atoms with Crippen LogP contribution < -0.4 is 5.32 Å². The molecule has 0 unspecified atom stereocenters. The van der Waals surface area contributed by atoms with Crippen LogP contribution in [0.2, 0.25) is 0 Å². The number of rotatable bonds is 3. The molecule has 1 N–H and O–H groups in total. The number of hydrogen-bond donors (Lipinski definition) is 1. The first kappa shape index (κ1) is 14.1. The number of anilines is 1. The third-order valence-corrected chi connectivity index (χ3v) is 4.50. The summed E-state index contributed by atoms with van der Waals surface area (Å²) < 4.78 is 7.40. The molecule has 2 heterocycles. The van der Waals surface area contributed by atoms with E-state index in [2.05, 4.69) is 10.4 Å². The van der Waals surface area contributed by atoms with Crippen molar-refractivity contribution in [2.45, 2.75) is 31.6 Å². The molecule has 3 aromatic rings. The van der Waals surface area contributed by atoms with Gasteiger partial charge in [0.1, 0.15) is 5.58 Å². The highest BCUT2D eigenvalue weighted by Crippen LogP contribution is 2.36. The lowest BCUT2D eigenvalue weighted by molar-refractivity contribution is 0.0998. The number of aromatic nitrogens is 2. The summed E-state index contributed by atoms with van der Waals surface area (Å²) in [5.41, 5.74) is 2.51. The van der Waals surface area contributed by atoms with Gasteiger partial charge in [0.15, 0.2) is 5.76 Å². The molecule has 1 aromatic carbocycles. The second kappa shape index (κ2) is 5.57. The zero-order valence-corrected chi connectivity index (χ0v) is 13.1. The average molecular weight is 309 g/mol. The summed E-state index contributed by atoms with van der Waals surface area (Å²) >= 11 is 0. The van der Waals surface area contributed by atoms with Crippen molar-refractivity contribution in [2.24, 2.45) is 7.05 Å². The molecule has 0 spiro atoms. The Kier molecular flexibility index (Phi) is 3.41. The first-order valence-corrected chi connectivity index (χ1v) is 8.04. The zero-order valence-electron chi connectivity index (χ0n) is 13.1. The summed E-state index contributed by atoms with van der Waals surface area (Å²) in [5.74, 6) is 0.544. The molecule has 4 rings (SSSR count). The van der Waals surface area contributed by atoms with Gasteiger partial charge in [0.05, 0.1) is 11.4 Å². The Morgan fingerprint density at radius 3 is 2.87 bits per heavy atom. The first-order chi connectivity index (χ1) is 11.2. The Morgan fingerprint density at radius 2 is 2.09 bits per heavy atom. The van der Waals surface area contributed by atoms with Gasteiger partial charge in [-0.05, 0) is 25.0 Å². The first-order valence-electron chi connectivity index (χ1n) is 8.04. The molecular formula is C18H19N3O2. The lowest BCUT2D eigenvalue weighted by Crippen LogP contribution is -2.12. The number of carbonyl (C=O) groups excluding carboxylic acids is 1. The number of fused-ring (bicyclic) bond motifs is 1. The largest absolute Gasteiger partial charge is 0.451 e. The minimum Gasteiger partial charge on any atom is -0.451 e. The minimum absolute atomic E-state index is 0.228. The van der Waals surface area contributed by atoms with E-state index in [1.165, 1.54) is 12.8 Å². The van der Waals surface area contributed by atoms with Gasteiger partial charge in [0.25, 0.3) is 5.91 Å².